The molecule has 0 fully saturated rings. The Morgan fingerprint density at radius 1 is 1.31 bits per heavy atom. The van der Waals surface area contributed by atoms with Gasteiger partial charge in [-0.1, -0.05) is 24.3 Å². The monoisotopic (exact) mass is 218 g/mol. The smallest absolute Gasteiger partial charge is 0.220 e. The van der Waals surface area contributed by atoms with Crippen molar-refractivity contribution in [3.05, 3.63) is 35.4 Å². The van der Waals surface area contributed by atoms with E-state index < -0.39 is 12.0 Å². The average Bonchev–Trinajstić information content (AvgIpc) is 2.27. The molecule has 0 bridgehead atoms. The van der Waals surface area contributed by atoms with Crippen molar-refractivity contribution in [2.45, 2.75) is 25.9 Å². The van der Waals surface area contributed by atoms with Gasteiger partial charge in [0.15, 0.2) is 0 Å². The lowest BCUT2D eigenvalue weighted by atomic mass is 9.94. The summed E-state index contributed by atoms with van der Waals surface area (Å²) in [7, 11) is 0. The molecule has 0 N–H and O–H groups in total. The van der Waals surface area contributed by atoms with E-state index in [0.717, 1.165) is 11.1 Å². The zero-order valence-electron chi connectivity index (χ0n) is 8.97. The zero-order chi connectivity index (χ0) is 11.7. The summed E-state index contributed by atoms with van der Waals surface area (Å²) in [6.45, 7) is 1.73. The van der Waals surface area contributed by atoms with Gasteiger partial charge < -0.3 is 14.8 Å². The number of benzene rings is 1. The van der Waals surface area contributed by atoms with Crippen molar-refractivity contribution >= 4 is 11.9 Å². The van der Waals surface area contributed by atoms with Crippen LogP contribution in [-0.2, 0) is 22.6 Å². The van der Waals surface area contributed by atoms with Crippen LogP contribution < -0.4 is 5.11 Å². The van der Waals surface area contributed by atoms with Gasteiger partial charge in [0.2, 0.25) is 5.91 Å². The number of fused-ring (bicyclic) bond motifs is 1. The molecule has 4 nitrogen and oxygen atoms in total. The molecule has 84 valence electrons. The molecule has 0 radical (unpaired) electrons. The normalized spacial score (nSPS) is 19.1. The van der Waals surface area contributed by atoms with Gasteiger partial charge in [-0.3, -0.25) is 4.79 Å². The molecule has 0 saturated heterocycles. The van der Waals surface area contributed by atoms with Crippen LogP contribution in [0.4, 0.5) is 0 Å². The summed E-state index contributed by atoms with van der Waals surface area (Å²) in [5.41, 5.74) is 1.99. The SMILES string of the molecule is CC(=O)N1Cc2ccccc2C[C@@H]1C(=O)[O-]. The Kier molecular flexibility index (Phi) is 2.64. The lowest BCUT2D eigenvalue weighted by Gasteiger charge is -2.36. The van der Waals surface area contributed by atoms with E-state index in [1.807, 2.05) is 24.3 Å². The van der Waals surface area contributed by atoms with Crippen molar-refractivity contribution in [3.63, 3.8) is 0 Å². The highest BCUT2D eigenvalue weighted by molar-refractivity contribution is 5.82. The van der Waals surface area contributed by atoms with Crippen LogP contribution in [0.15, 0.2) is 24.3 Å². The molecule has 0 unspecified atom stereocenters. The maximum Gasteiger partial charge on any atom is 0.220 e. The van der Waals surface area contributed by atoms with Crippen LogP contribution in [0.2, 0.25) is 0 Å². The minimum absolute atomic E-state index is 0.233. The summed E-state index contributed by atoms with van der Waals surface area (Å²) < 4.78 is 0. The van der Waals surface area contributed by atoms with Gasteiger partial charge in [-0.15, -0.1) is 0 Å². The van der Waals surface area contributed by atoms with Crippen LogP contribution in [0, 0.1) is 0 Å². The number of carboxylic acid groups (broad SMARTS) is 1. The van der Waals surface area contributed by atoms with Gasteiger partial charge in [-0.2, -0.15) is 0 Å². The number of rotatable bonds is 1. The van der Waals surface area contributed by atoms with E-state index in [4.69, 9.17) is 0 Å². The summed E-state index contributed by atoms with van der Waals surface area (Å²) in [6, 6.07) is 6.72. The van der Waals surface area contributed by atoms with E-state index in [0.29, 0.717) is 13.0 Å². The topological polar surface area (TPSA) is 60.4 Å². The molecule has 1 aromatic carbocycles. The lowest BCUT2D eigenvalue weighted by Crippen LogP contribution is -2.52. The minimum Gasteiger partial charge on any atom is -0.548 e. The van der Waals surface area contributed by atoms with Crippen LogP contribution in [-0.4, -0.2) is 22.8 Å². The third-order valence-corrected chi connectivity index (χ3v) is 2.93. The molecule has 4 heteroatoms. The van der Waals surface area contributed by atoms with E-state index in [-0.39, 0.29) is 5.91 Å². The zero-order valence-corrected chi connectivity index (χ0v) is 8.97. The van der Waals surface area contributed by atoms with Crippen LogP contribution in [0.3, 0.4) is 0 Å². The number of hydrogen-bond donors (Lipinski definition) is 0. The fourth-order valence-corrected chi connectivity index (χ4v) is 2.06. The molecular formula is C12H12NO3-. The maximum atomic E-state index is 11.4. The maximum absolute atomic E-state index is 11.4. The summed E-state index contributed by atoms with van der Waals surface area (Å²) >= 11 is 0. The van der Waals surface area contributed by atoms with E-state index >= 15 is 0 Å². The predicted octanol–water partition coefficient (Wildman–Crippen LogP) is -0.290. The molecule has 1 heterocycles. The van der Waals surface area contributed by atoms with Gasteiger partial charge in [-0.25, -0.2) is 0 Å². The first kappa shape index (κ1) is 10.7. The number of nitrogens with zero attached hydrogens (tertiary/aromatic N) is 1. The van der Waals surface area contributed by atoms with Crippen molar-refractivity contribution in [1.82, 2.24) is 4.90 Å². The molecule has 16 heavy (non-hydrogen) atoms. The predicted molar refractivity (Wildman–Crippen MR) is 55.2 cm³/mol. The van der Waals surface area contributed by atoms with Crippen molar-refractivity contribution in [2.75, 3.05) is 0 Å². The molecule has 2 rings (SSSR count). The number of hydrogen-bond acceptors (Lipinski definition) is 3. The third kappa shape index (κ3) is 1.78. The van der Waals surface area contributed by atoms with Gasteiger partial charge in [0.05, 0.1) is 12.0 Å². The molecule has 1 aliphatic rings. The molecule has 1 aliphatic heterocycles. The fraction of sp³-hybridized carbons (Fsp3) is 0.333. The van der Waals surface area contributed by atoms with E-state index in [2.05, 4.69) is 0 Å². The molecule has 1 amide bonds. The fourth-order valence-electron chi connectivity index (χ4n) is 2.06. The van der Waals surface area contributed by atoms with Gasteiger partial charge in [0.1, 0.15) is 0 Å². The molecule has 0 aromatic heterocycles. The number of aliphatic carboxylic acids is 1. The average molecular weight is 218 g/mol. The van der Waals surface area contributed by atoms with Crippen molar-refractivity contribution in [1.29, 1.82) is 0 Å². The Bertz CT molecular complexity index is 401. The summed E-state index contributed by atoms with van der Waals surface area (Å²) in [5.74, 6) is -1.42. The number of carbonyl (C=O) groups is 2. The second-order valence-corrected chi connectivity index (χ2v) is 3.95. The van der Waals surface area contributed by atoms with Crippen LogP contribution in [0.25, 0.3) is 0 Å². The van der Waals surface area contributed by atoms with Crippen LogP contribution in [0.5, 0.6) is 0 Å². The Morgan fingerprint density at radius 3 is 2.50 bits per heavy atom. The van der Waals surface area contributed by atoms with Crippen LogP contribution >= 0.6 is 0 Å². The Morgan fingerprint density at radius 2 is 1.94 bits per heavy atom. The number of carbonyl (C=O) groups excluding carboxylic acids is 2. The molecular weight excluding hydrogens is 206 g/mol. The molecule has 0 spiro atoms. The van der Waals surface area contributed by atoms with E-state index in [9.17, 15) is 14.7 Å². The lowest BCUT2D eigenvalue weighted by molar-refractivity contribution is -0.311. The summed E-state index contributed by atoms with van der Waals surface area (Å²) in [5, 5.41) is 11.0. The first-order valence-corrected chi connectivity index (χ1v) is 5.14. The van der Waals surface area contributed by atoms with E-state index in [1.165, 1.54) is 11.8 Å². The van der Waals surface area contributed by atoms with Crippen molar-refractivity contribution in [2.24, 2.45) is 0 Å². The summed E-state index contributed by atoms with van der Waals surface area (Å²) in [4.78, 5) is 23.7. The van der Waals surface area contributed by atoms with Gasteiger partial charge in [0.25, 0.3) is 0 Å². The molecule has 1 atom stereocenters. The quantitative estimate of drug-likeness (QED) is 0.650. The molecule has 0 saturated carbocycles. The first-order chi connectivity index (χ1) is 7.59. The highest BCUT2D eigenvalue weighted by atomic mass is 16.4. The van der Waals surface area contributed by atoms with Crippen LogP contribution in [0.1, 0.15) is 18.1 Å². The Labute approximate surface area is 93.5 Å². The van der Waals surface area contributed by atoms with Gasteiger partial charge >= 0.3 is 0 Å². The molecule has 0 aliphatic carbocycles. The second-order valence-electron chi connectivity index (χ2n) is 3.95. The van der Waals surface area contributed by atoms with E-state index in [1.54, 1.807) is 0 Å². The van der Waals surface area contributed by atoms with Crippen molar-refractivity contribution in [3.8, 4) is 0 Å². The standard InChI is InChI=1S/C12H13NO3/c1-8(14)13-7-10-5-3-2-4-9(10)6-11(13)12(15)16/h2-5,11H,6-7H2,1H3,(H,15,16)/p-1/t11-/m1/s1. The third-order valence-electron chi connectivity index (χ3n) is 2.93. The number of carboxylic acids is 1. The number of amides is 1. The first-order valence-electron chi connectivity index (χ1n) is 5.14. The minimum atomic E-state index is -1.19. The largest absolute Gasteiger partial charge is 0.548 e. The van der Waals surface area contributed by atoms with Crippen molar-refractivity contribution < 1.29 is 14.7 Å². The molecule has 1 aromatic rings. The van der Waals surface area contributed by atoms with Gasteiger partial charge in [0, 0.05) is 13.5 Å². The Hall–Kier alpha value is -1.84. The summed E-state index contributed by atoms with van der Waals surface area (Å²) in [6.07, 6.45) is 0.331. The highest BCUT2D eigenvalue weighted by Gasteiger charge is 2.28. The Balaban J connectivity index is 2.37. The second kappa shape index (κ2) is 3.96. The van der Waals surface area contributed by atoms with Gasteiger partial charge in [-0.05, 0) is 17.5 Å². The highest BCUT2D eigenvalue weighted by Crippen LogP contribution is 2.22.